The van der Waals surface area contributed by atoms with Crippen molar-refractivity contribution in [3.63, 3.8) is 0 Å². The Labute approximate surface area is 259 Å². The van der Waals surface area contributed by atoms with Crippen molar-refractivity contribution in [2.24, 2.45) is 18.0 Å². The van der Waals surface area contributed by atoms with Gasteiger partial charge in [-0.2, -0.15) is 4.99 Å². The fourth-order valence-electron chi connectivity index (χ4n) is 5.37. The van der Waals surface area contributed by atoms with Crippen LogP contribution < -0.4 is 16.1 Å². The molecule has 1 aromatic heterocycles. The molecule has 2 aromatic rings. The number of hydrogen-bond acceptors (Lipinski definition) is 6. The Balaban J connectivity index is 1.66. The molecular formula is C31H38ClF3N5O4+. The molecule has 0 saturated carbocycles. The SMILES string of the molecule is C=C/C(=C\C(=C)OC(F)(F)F)OC1=Nc2c(c(=O)n(CCN3CC[NH+](C)CC3)c(=O)n2C)CCC1CCc1ccc(Cl)cc1. The Kier molecular flexibility index (Phi) is 10.9. The van der Waals surface area contributed by atoms with E-state index in [9.17, 15) is 22.8 Å². The van der Waals surface area contributed by atoms with E-state index in [1.807, 2.05) is 12.1 Å². The fraction of sp³-hybridized carbons (Fsp3) is 0.452. The van der Waals surface area contributed by atoms with Crippen molar-refractivity contribution in [1.82, 2.24) is 14.0 Å². The summed E-state index contributed by atoms with van der Waals surface area (Å²) in [4.78, 5) is 35.5. The lowest BCUT2D eigenvalue weighted by Gasteiger charge is -2.30. The Morgan fingerprint density at radius 2 is 1.86 bits per heavy atom. The van der Waals surface area contributed by atoms with E-state index in [-0.39, 0.29) is 29.9 Å². The third kappa shape index (κ3) is 8.73. The number of fused-ring (bicyclic) bond motifs is 1. The standard InChI is InChI=1S/C31H37ClF3N5O4/c1-5-25(20-21(2)44-31(33,34)35)43-28-23(9-6-22-7-11-24(32)12-8-22)10-13-26-27(36-28)38(4)30(42)40(29(26)41)19-18-39-16-14-37(3)15-17-39/h5,7-8,11-12,20,23H,1-2,6,9-10,13-19H2,3-4H3/p+1/b25-20+. The van der Waals surface area contributed by atoms with Crippen LogP contribution in [0, 0.1) is 5.92 Å². The topological polar surface area (TPSA) is 82.5 Å². The summed E-state index contributed by atoms with van der Waals surface area (Å²) < 4.78 is 50.7. The first-order valence-electron chi connectivity index (χ1n) is 14.5. The number of aliphatic imine (C=N–C) groups is 1. The molecular weight excluding hydrogens is 599 g/mol. The van der Waals surface area contributed by atoms with E-state index < -0.39 is 23.4 Å². The van der Waals surface area contributed by atoms with Crippen LogP contribution >= 0.6 is 11.6 Å². The molecule has 0 amide bonds. The molecule has 1 unspecified atom stereocenters. The third-order valence-electron chi connectivity index (χ3n) is 7.93. The summed E-state index contributed by atoms with van der Waals surface area (Å²) in [6.07, 6.45) is -0.797. The molecule has 2 aliphatic rings. The van der Waals surface area contributed by atoms with Crippen molar-refractivity contribution >= 4 is 23.3 Å². The van der Waals surface area contributed by atoms with E-state index in [1.54, 1.807) is 19.2 Å². The maximum Gasteiger partial charge on any atom is 0.573 e. The van der Waals surface area contributed by atoms with E-state index in [4.69, 9.17) is 16.3 Å². The largest absolute Gasteiger partial charge is 0.573 e. The molecule has 44 heavy (non-hydrogen) atoms. The van der Waals surface area contributed by atoms with Crippen LogP contribution in [-0.2, 0) is 35.9 Å². The van der Waals surface area contributed by atoms with Crippen molar-refractivity contribution in [3.8, 4) is 0 Å². The van der Waals surface area contributed by atoms with Crippen LogP contribution in [0.15, 0.2) is 75.7 Å². The number of allylic oxidation sites excluding steroid dienone is 2. The summed E-state index contributed by atoms with van der Waals surface area (Å²) in [5.74, 6) is -0.802. The molecule has 1 atom stereocenters. The molecule has 4 rings (SSSR count). The number of nitrogens with zero attached hydrogens (tertiary/aromatic N) is 4. The summed E-state index contributed by atoms with van der Waals surface area (Å²) >= 11 is 6.03. The van der Waals surface area contributed by atoms with E-state index in [1.165, 1.54) is 20.1 Å². The zero-order valence-electron chi connectivity index (χ0n) is 25.0. The van der Waals surface area contributed by atoms with Gasteiger partial charge in [-0.3, -0.25) is 18.8 Å². The Morgan fingerprint density at radius 1 is 1.18 bits per heavy atom. The van der Waals surface area contributed by atoms with Gasteiger partial charge in [-0.15, -0.1) is 13.2 Å². The summed E-state index contributed by atoms with van der Waals surface area (Å²) in [5, 5.41) is 0.609. The highest BCUT2D eigenvalue weighted by molar-refractivity contribution is 6.30. The fourth-order valence-corrected chi connectivity index (χ4v) is 5.49. The van der Waals surface area contributed by atoms with Gasteiger partial charge in [0.25, 0.3) is 5.56 Å². The molecule has 13 heteroatoms. The van der Waals surface area contributed by atoms with E-state index >= 15 is 0 Å². The number of quaternary nitrogens is 1. The van der Waals surface area contributed by atoms with Gasteiger partial charge in [0.05, 0.1) is 25.7 Å². The molecule has 238 valence electrons. The van der Waals surface area contributed by atoms with Gasteiger partial charge in [0, 0.05) is 50.2 Å². The summed E-state index contributed by atoms with van der Waals surface area (Å²) in [7, 11) is 3.69. The second-order valence-electron chi connectivity index (χ2n) is 11.1. The molecule has 9 nitrogen and oxygen atoms in total. The highest BCUT2D eigenvalue weighted by Gasteiger charge is 2.32. The van der Waals surface area contributed by atoms with Gasteiger partial charge in [0.15, 0.2) is 5.90 Å². The molecule has 2 aliphatic heterocycles. The number of hydrogen-bond donors (Lipinski definition) is 1. The Bertz CT molecular complexity index is 1540. The predicted molar refractivity (Wildman–Crippen MR) is 163 cm³/mol. The highest BCUT2D eigenvalue weighted by Crippen LogP contribution is 2.29. The number of aryl methyl sites for hydroxylation is 1. The number of rotatable bonds is 10. The zero-order valence-corrected chi connectivity index (χ0v) is 25.7. The average Bonchev–Trinajstić information content (AvgIpc) is 3.15. The molecule has 1 N–H and O–H groups in total. The molecule has 0 aliphatic carbocycles. The first kappa shape index (κ1) is 33.3. The molecule has 0 spiro atoms. The number of alkyl halides is 3. The summed E-state index contributed by atoms with van der Waals surface area (Å²) in [5.41, 5.74) is 0.513. The van der Waals surface area contributed by atoms with Crippen LogP contribution in [0.3, 0.4) is 0 Å². The third-order valence-corrected chi connectivity index (χ3v) is 8.19. The Morgan fingerprint density at radius 3 is 2.50 bits per heavy atom. The number of benzene rings is 1. The number of nitrogens with one attached hydrogen (secondary N) is 1. The monoisotopic (exact) mass is 636 g/mol. The number of piperazine rings is 1. The molecule has 3 heterocycles. The van der Waals surface area contributed by atoms with Crippen molar-refractivity contribution in [2.75, 3.05) is 39.8 Å². The first-order chi connectivity index (χ1) is 20.8. The van der Waals surface area contributed by atoms with Crippen LogP contribution in [-0.4, -0.2) is 66.1 Å². The maximum absolute atomic E-state index is 13.7. The first-order valence-corrected chi connectivity index (χ1v) is 14.9. The van der Waals surface area contributed by atoms with E-state index in [2.05, 4.69) is 34.8 Å². The summed E-state index contributed by atoms with van der Waals surface area (Å²) in [6.45, 7) is 11.6. The number of ether oxygens (including phenoxy) is 2. The summed E-state index contributed by atoms with van der Waals surface area (Å²) in [6, 6.07) is 7.39. The van der Waals surface area contributed by atoms with Gasteiger partial charge in [-0.1, -0.05) is 36.9 Å². The quantitative estimate of drug-likeness (QED) is 0.320. The minimum Gasteiger partial charge on any atom is -0.443 e. The van der Waals surface area contributed by atoms with Gasteiger partial charge >= 0.3 is 12.1 Å². The predicted octanol–water partition coefficient (Wildman–Crippen LogP) is 3.39. The molecule has 1 aromatic carbocycles. The minimum atomic E-state index is -4.93. The van der Waals surface area contributed by atoms with Crippen molar-refractivity contribution in [3.05, 3.63) is 98.1 Å². The Hall–Kier alpha value is -3.61. The van der Waals surface area contributed by atoms with Crippen LogP contribution in [0.25, 0.3) is 0 Å². The number of aromatic nitrogens is 2. The molecule has 1 fully saturated rings. The van der Waals surface area contributed by atoms with Gasteiger partial charge in [0.2, 0.25) is 0 Å². The van der Waals surface area contributed by atoms with Gasteiger partial charge in [-0.05, 0) is 49.5 Å². The van der Waals surface area contributed by atoms with Crippen molar-refractivity contribution < 1.29 is 27.5 Å². The lowest BCUT2D eigenvalue weighted by atomic mass is 9.94. The number of halogens is 4. The van der Waals surface area contributed by atoms with Gasteiger partial charge < -0.3 is 14.4 Å². The maximum atomic E-state index is 13.7. The van der Waals surface area contributed by atoms with Gasteiger partial charge in [0.1, 0.15) is 17.3 Å². The second-order valence-corrected chi connectivity index (χ2v) is 11.6. The van der Waals surface area contributed by atoms with E-state index in [0.29, 0.717) is 42.8 Å². The van der Waals surface area contributed by atoms with Crippen LogP contribution in [0.2, 0.25) is 5.02 Å². The molecule has 0 radical (unpaired) electrons. The molecule has 1 saturated heterocycles. The average molecular weight is 637 g/mol. The van der Waals surface area contributed by atoms with Crippen LogP contribution in [0.1, 0.15) is 24.0 Å². The van der Waals surface area contributed by atoms with Gasteiger partial charge in [-0.25, -0.2) is 4.79 Å². The van der Waals surface area contributed by atoms with Crippen LogP contribution in [0.4, 0.5) is 19.0 Å². The normalized spacial score (nSPS) is 18.3. The minimum absolute atomic E-state index is 0.0784. The number of likely N-dealkylation sites (N-methyl/N-ethyl adjacent to an activating group) is 1. The lowest BCUT2D eigenvalue weighted by molar-refractivity contribution is -0.884. The second kappa shape index (κ2) is 14.4. The zero-order chi connectivity index (χ0) is 32.0. The van der Waals surface area contributed by atoms with Crippen molar-refractivity contribution in [1.29, 1.82) is 0 Å². The van der Waals surface area contributed by atoms with E-state index in [0.717, 1.165) is 37.8 Å². The van der Waals surface area contributed by atoms with Crippen LogP contribution in [0.5, 0.6) is 0 Å². The lowest BCUT2D eigenvalue weighted by Crippen LogP contribution is -3.12. The molecule has 0 bridgehead atoms. The highest BCUT2D eigenvalue weighted by atomic mass is 35.5. The smallest absolute Gasteiger partial charge is 0.443 e. The van der Waals surface area contributed by atoms with Crippen molar-refractivity contribution in [2.45, 2.75) is 38.6 Å².